The number of carbonyl (C=O) groups is 1. The van der Waals surface area contributed by atoms with Crippen LogP contribution in [0, 0.1) is 5.92 Å². The van der Waals surface area contributed by atoms with Crippen LogP contribution in [-0.2, 0) is 16.6 Å². The van der Waals surface area contributed by atoms with Crippen molar-refractivity contribution in [3.05, 3.63) is 35.9 Å². The minimum absolute atomic E-state index is 0.0711. The van der Waals surface area contributed by atoms with Crippen LogP contribution in [0.25, 0.3) is 0 Å². The fourth-order valence-corrected chi connectivity index (χ4v) is 5.45. The summed E-state index contributed by atoms with van der Waals surface area (Å²) in [7, 11) is -3.72. The van der Waals surface area contributed by atoms with Crippen LogP contribution >= 0.6 is 0 Å². The zero-order chi connectivity index (χ0) is 21.4. The monoisotopic (exact) mass is 427 g/mol. The van der Waals surface area contributed by atoms with Gasteiger partial charge in [-0.15, -0.1) is 0 Å². The zero-order valence-corrected chi connectivity index (χ0v) is 18.0. The highest BCUT2D eigenvalue weighted by Gasteiger charge is 2.34. The molecule has 2 rings (SSSR count). The lowest BCUT2D eigenvalue weighted by molar-refractivity contribution is 0.0957. The van der Waals surface area contributed by atoms with Crippen molar-refractivity contribution in [3.63, 3.8) is 0 Å². The Labute approximate surface area is 173 Å². The summed E-state index contributed by atoms with van der Waals surface area (Å²) in [4.78, 5) is 11.2. The van der Waals surface area contributed by atoms with Gasteiger partial charge in [-0.2, -0.15) is 17.0 Å². The van der Waals surface area contributed by atoms with Gasteiger partial charge in [0, 0.05) is 26.2 Å². The Balaban J connectivity index is 2.18. The maximum atomic E-state index is 13.2. The number of nitrogens with zero attached hydrogens (tertiary/aromatic N) is 2. The number of nitrogens with one attached hydrogen (secondary N) is 1. The van der Waals surface area contributed by atoms with E-state index >= 15 is 0 Å². The van der Waals surface area contributed by atoms with Crippen LogP contribution in [-0.4, -0.2) is 71.7 Å². The molecule has 1 heterocycles. The molecule has 0 radical (unpaired) electrons. The molecule has 0 unspecified atom stereocenters. The predicted molar refractivity (Wildman–Crippen MR) is 112 cm³/mol. The van der Waals surface area contributed by atoms with Crippen molar-refractivity contribution < 1.29 is 23.4 Å². The molecule has 164 valence electrons. The molecule has 9 heteroatoms. The second-order valence-corrected chi connectivity index (χ2v) is 9.92. The largest absolute Gasteiger partial charge is 0.465 e. The molecule has 0 spiro atoms. The van der Waals surface area contributed by atoms with Crippen LogP contribution in [0.1, 0.15) is 38.7 Å². The van der Waals surface area contributed by atoms with Crippen LogP contribution in [0.3, 0.4) is 0 Å². The fourth-order valence-electron chi connectivity index (χ4n) is 3.57. The average Bonchev–Trinajstić information content (AvgIpc) is 2.67. The van der Waals surface area contributed by atoms with Crippen molar-refractivity contribution in [2.75, 3.05) is 26.2 Å². The maximum Gasteiger partial charge on any atom is 0.404 e. The van der Waals surface area contributed by atoms with Crippen molar-refractivity contribution in [2.24, 2.45) is 5.92 Å². The lowest BCUT2D eigenvalue weighted by atomic mass is 10.0. The molecule has 2 atom stereocenters. The van der Waals surface area contributed by atoms with E-state index in [0.29, 0.717) is 13.1 Å². The molecule has 1 aliphatic rings. The predicted octanol–water partition coefficient (Wildman–Crippen LogP) is 1.91. The Morgan fingerprint density at radius 3 is 2.31 bits per heavy atom. The van der Waals surface area contributed by atoms with E-state index in [1.165, 1.54) is 8.61 Å². The molecule has 1 aromatic rings. The molecule has 1 aliphatic heterocycles. The minimum Gasteiger partial charge on any atom is -0.465 e. The molecule has 1 saturated heterocycles. The Hall–Kier alpha value is -1.68. The first-order valence-electron chi connectivity index (χ1n) is 10.2. The Kier molecular flexibility index (Phi) is 8.88. The third-order valence-corrected chi connectivity index (χ3v) is 6.97. The van der Waals surface area contributed by atoms with Crippen LogP contribution < -0.4 is 5.32 Å². The molecule has 1 amide bonds. The standard InChI is InChI=1S/C20H33N3O5S/c1-16(2)14-23(29(27,28)22-11-7-4-8-12-22)15-19(24)18(21-20(25)26)13-17-9-5-3-6-10-17/h3,5-6,9-10,16,18-19,21,24H,4,7-8,11-15H2,1-2H3,(H,25,26)/t18-,19+/m0/s1. The lowest BCUT2D eigenvalue weighted by Crippen LogP contribution is -2.54. The highest BCUT2D eigenvalue weighted by molar-refractivity contribution is 7.86. The van der Waals surface area contributed by atoms with E-state index in [2.05, 4.69) is 5.32 Å². The lowest BCUT2D eigenvalue weighted by Gasteiger charge is -2.35. The number of amides is 1. The molecule has 0 bridgehead atoms. The van der Waals surface area contributed by atoms with Gasteiger partial charge in [0.05, 0.1) is 12.1 Å². The summed E-state index contributed by atoms with van der Waals surface area (Å²) in [6.45, 7) is 4.90. The smallest absolute Gasteiger partial charge is 0.404 e. The summed E-state index contributed by atoms with van der Waals surface area (Å²) in [6, 6.07) is 8.41. The average molecular weight is 428 g/mol. The van der Waals surface area contributed by atoms with E-state index in [9.17, 15) is 23.4 Å². The van der Waals surface area contributed by atoms with Gasteiger partial charge >= 0.3 is 6.09 Å². The van der Waals surface area contributed by atoms with Gasteiger partial charge in [0.2, 0.25) is 0 Å². The second kappa shape index (κ2) is 10.9. The SMILES string of the molecule is CC(C)CN(C[C@@H](O)[C@H](Cc1ccccc1)NC(=O)O)S(=O)(=O)N1CCCCC1. The van der Waals surface area contributed by atoms with Crippen molar-refractivity contribution in [1.29, 1.82) is 0 Å². The second-order valence-electron chi connectivity index (χ2n) is 7.99. The van der Waals surface area contributed by atoms with Gasteiger partial charge in [-0.25, -0.2) is 4.79 Å². The highest BCUT2D eigenvalue weighted by Crippen LogP contribution is 2.19. The van der Waals surface area contributed by atoms with Gasteiger partial charge in [0.15, 0.2) is 0 Å². The van der Waals surface area contributed by atoms with Crippen molar-refractivity contribution >= 4 is 16.3 Å². The third-order valence-electron chi connectivity index (χ3n) is 5.00. The van der Waals surface area contributed by atoms with Crippen LogP contribution in [0.2, 0.25) is 0 Å². The molecule has 0 aliphatic carbocycles. The van der Waals surface area contributed by atoms with Gasteiger partial charge in [0.1, 0.15) is 0 Å². The Bertz CT molecular complexity index is 736. The van der Waals surface area contributed by atoms with Gasteiger partial charge in [-0.3, -0.25) is 0 Å². The van der Waals surface area contributed by atoms with Gasteiger partial charge in [-0.1, -0.05) is 50.6 Å². The van der Waals surface area contributed by atoms with Crippen molar-refractivity contribution in [3.8, 4) is 0 Å². The molecule has 3 N–H and O–H groups in total. The number of hydrogen-bond donors (Lipinski definition) is 3. The van der Waals surface area contributed by atoms with E-state index in [1.54, 1.807) is 0 Å². The number of aliphatic hydroxyl groups excluding tert-OH is 1. The van der Waals surface area contributed by atoms with Crippen molar-refractivity contribution in [2.45, 2.75) is 51.7 Å². The molecule has 0 saturated carbocycles. The summed E-state index contributed by atoms with van der Waals surface area (Å²) in [5.74, 6) is 0.0711. The molecular formula is C20H33N3O5S. The van der Waals surface area contributed by atoms with E-state index in [0.717, 1.165) is 24.8 Å². The van der Waals surface area contributed by atoms with Gasteiger partial charge in [-0.05, 0) is 30.7 Å². The van der Waals surface area contributed by atoms with Crippen LogP contribution in [0.5, 0.6) is 0 Å². The number of hydrogen-bond acceptors (Lipinski definition) is 4. The Morgan fingerprint density at radius 2 is 1.76 bits per heavy atom. The normalized spacial score (nSPS) is 18.0. The number of carboxylic acid groups (broad SMARTS) is 1. The fraction of sp³-hybridized carbons (Fsp3) is 0.650. The first kappa shape index (κ1) is 23.6. The molecule has 8 nitrogen and oxygen atoms in total. The van der Waals surface area contributed by atoms with Crippen LogP contribution in [0.15, 0.2) is 30.3 Å². The van der Waals surface area contributed by atoms with Crippen molar-refractivity contribution in [1.82, 2.24) is 13.9 Å². The first-order chi connectivity index (χ1) is 13.7. The van der Waals surface area contributed by atoms with E-state index in [-0.39, 0.29) is 25.4 Å². The summed E-state index contributed by atoms with van der Waals surface area (Å²) in [5, 5.41) is 22.4. The number of benzene rings is 1. The molecular weight excluding hydrogens is 394 g/mol. The quantitative estimate of drug-likeness (QED) is 0.528. The summed E-state index contributed by atoms with van der Waals surface area (Å²) < 4.78 is 29.1. The number of piperidine rings is 1. The molecule has 1 fully saturated rings. The highest BCUT2D eigenvalue weighted by atomic mass is 32.2. The number of rotatable bonds is 10. The molecule has 0 aromatic heterocycles. The molecule has 29 heavy (non-hydrogen) atoms. The summed E-state index contributed by atoms with van der Waals surface area (Å²) in [5.41, 5.74) is 0.861. The third kappa shape index (κ3) is 7.26. The van der Waals surface area contributed by atoms with E-state index in [1.807, 2.05) is 44.2 Å². The Morgan fingerprint density at radius 1 is 1.14 bits per heavy atom. The van der Waals surface area contributed by atoms with Crippen LogP contribution in [0.4, 0.5) is 4.79 Å². The summed E-state index contributed by atoms with van der Waals surface area (Å²) in [6.07, 6.45) is 0.515. The van der Waals surface area contributed by atoms with Gasteiger partial charge in [0.25, 0.3) is 10.2 Å². The van der Waals surface area contributed by atoms with E-state index < -0.39 is 28.4 Å². The topological polar surface area (TPSA) is 110 Å². The summed E-state index contributed by atoms with van der Waals surface area (Å²) >= 11 is 0. The van der Waals surface area contributed by atoms with Gasteiger partial charge < -0.3 is 15.5 Å². The minimum atomic E-state index is -3.72. The van der Waals surface area contributed by atoms with E-state index in [4.69, 9.17) is 0 Å². The zero-order valence-electron chi connectivity index (χ0n) is 17.2. The first-order valence-corrected chi connectivity index (χ1v) is 11.6. The molecule has 1 aromatic carbocycles. The maximum absolute atomic E-state index is 13.2. The number of aliphatic hydroxyl groups is 1.